The SMILES string of the molecule is CCc1cccc(-c2cccc3c2oc2cc(-c4cc(-c5ccc(C(C)(C)C)cc5)c5oc6ccccc6c5c4)ccc23)c1. The topological polar surface area (TPSA) is 26.3 Å². The highest BCUT2D eigenvalue weighted by Crippen LogP contribution is 2.42. The largest absolute Gasteiger partial charge is 0.455 e. The van der Waals surface area contributed by atoms with Crippen LogP contribution in [0, 0.1) is 0 Å². The molecular formula is C42H34O2. The lowest BCUT2D eigenvalue weighted by Gasteiger charge is -2.19. The van der Waals surface area contributed by atoms with Gasteiger partial charge in [0.15, 0.2) is 0 Å². The van der Waals surface area contributed by atoms with Gasteiger partial charge >= 0.3 is 0 Å². The van der Waals surface area contributed by atoms with Gasteiger partial charge in [-0.1, -0.05) is 119 Å². The Morgan fingerprint density at radius 3 is 2.00 bits per heavy atom. The van der Waals surface area contributed by atoms with Crippen LogP contribution in [-0.4, -0.2) is 0 Å². The average Bonchev–Trinajstić information content (AvgIpc) is 3.62. The fraction of sp³-hybridized carbons (Fsp3) is 0.143. The summed E-state index contributed by atoms with van der Waals surface area (Å²) in [7, 11) is 0. The Morgan fingerprint density at radius 1 is 0.477 bits per heavy atom. The van der Waals surface area contributed by atoms with Gasteiger partial charge < -0.3 is 8.83 Å². The molecule has 0 aliphatic heterocycles. The fourth-order valence-corrected chi connectivity index (χ4v) is 6.52. The zero-order valence-corrected chi connectivity index (χ0v) is 25.6. The monoisotopic (exact) mass is 570 g/mol. The van der Waals surface area contributed by atoms with Crippen molar-refractivity contribution < 1.29 is 8.83 Å². The summed E-state index contributed by atoms with van der Waals surface area (Å²) in [5.74, 6) is 0. The Kier molecular flexibility index (Phi) is 6.03. The highest BCUT2D eigenvalue weighted by Gasteiger charge is 2.18. The molecule has 0 saturated carbocycles. The van der Waals surface area contributed by atoms with Crippen LogP contribution in [0.2, 0.25) is 0 Å². The van der Waals surface area contributed by atoms with E-state index in [1.807, 2.05) is 6.07 Å². The normalized spacial score (nSPS) is 12.2. The van der Waals surface area contributed by atoms with Crippen LogP contribution in [-0.2, 0) is 11.8 Å². The van der Waals surface area contributed by atoms with E-state index >= 15 is 0 Å². The number of hydrogen-bond acceptors (Lipinski definition) is 2. The Morgan fingerprint density at radius 2 is 1.18 bits per heavy atom. The van der Waals surface area contributed by atoms with E-state index < -0.39 is 0 Å². The molecule has 2 nitrogen and oxygen atoms in total. The third-order valence-corrected chi connectivity index (χ3v) is 9.02. The lowest BCUT2D eigenvalue weighted by molar-refractivity contribution is 0.590. The first kappa shape index (κ1) is 26.5. The quantitative estimate of drug-likeness (QED) is 0.210. The summed E-state index contributed by atoms with van der Waals surface area (Å²) in [6, 6.07) is 43.6. The molecular weight excluding hydrogens is 536 g/mol. The van der Waals surface area contributed by atoms with Gasteiger partial charge in [0.1, 0.15) is 22.3 Å². The Labute approximate surface area is 257 Å². The summed E-state index contributed by atoms with van der Waals surface area (Å²) in [6.07, 6.45) is 1.01. The van der Waals surface area contributed by atoms with Gasteiger partial charge in [-0.3, -0.25) is 0 Å². The number of para-hydroxylation sites is 2. The lowest BCUT2D eigenvalue weighted by atomic mass is 9.86. The predicted molar refractivity (Wildman–Crippen MR) is 185 cm³/mol. The van der Waals surface area contributed by atoms with Crippen molar-refractivity contribution in [3.05, 3.63) is 132 Å². The molecule has 0 saturated heterocycles. The van der Waals surface area contributed by atoms with Crippen molar-refractivity contribution in [3.63, 3.8) is 0 Å². The highest BCUT2D eigenvalue weighted by molar-refractivity contribution is 6.13. The number of rotatable bonds is 4. The molecule has 44 heavy (non-hydrogen) atoms. The second-order valence-electron chi connectivity index (χ2n) is 12.9. The van der Waals surface area contributed by atoms with Crippen molar-refractivity contribution >= 4 is 43.9 Å². The van der Waals surface area contributed by atoms with Crippen LogP contribution in [0.5, 0.6) is 0 Å². The Bertz CT molecular complexity index is 2340. The van der Waals surface area contributed by atoms with Gasteiger partial charge in [0.2, 0.25) is 0 Å². The zero-order valence-electron chi connectivity index (χ0n) is 25.6. The van der Waals surface area contributed by atoms with Crippen molar-refractivity contribution in [1.29, 1.82) is 0 Å². The lowest BCUT2D eigenvalue weighted by Crippen LogP contribution is -2.10. The Hall–Kier alpha value is -5.08. The van der Waals surface area contributed by atoms with E-state index in [-0.39, 0.29) is 5.41 Å². The van der Waals surface area contributed by atoms with Gasteiger partial charge in [-0.2, -0.15) is 0 Å². The number of fused-ring (bicyclic) bond motifs is 6. The molecule has 0 aliphatic carbocycles. The van der Waals surface area contributed by atoms with E-state index in [1.54, 1.807) is 0 Å². The molecule has 2 heteroatoms. The van der Waals surface area contributed by atoms with Crippen molar-refractivity contribution in [2.45, 2.75) is 39.5 Å². The molecule has 0 spiro atoms. The molecule has 0 aliphatic rings. The van der Waals surface area contributed by atoms with Crippen molar-refractivity contribution in [1.82, 2.24) is 0 Å². The summed E-state index contributed by atoms with van der Waals surface area (Å²) in [6.45, 7) is 8.94. The first-order valence-electron chi connectivity index (χ1n) is 15.5. The zero-order chi connectivity index (χ0) is 30.0. The van der Waals surface area contributed by atoms with E-state index in [2.05, 4.69) is 143 Å². The summed E-state index contributed by atoms with van der Waals surface area (Å²) < 4.78 is 13.1. The summed E-state index contributed by atoms with van der Waals surface area (Å²) in [5, 5.41) is 4.52. The maximum Gasteiger partial charge on any atom is 0.143 e. The molecule has 0 atom stereocenters. The number of aryl methyl sites for hydroxylation is 1. The number of benzene rings is 6. The third kappa shape index (κ3) is 4.33. The molecule has 0 fully saturated rings. The molecule has 0 N–H and O–H groups in total. The van der Waals surface area contributed by atoms with Gasteiger partial charge in [0.25, 0.3) is 0 Å². The van der Waals surface area contributed by atoms with Crippen molar-refractivity contribution in [3.8, 4) is 33.4 Å². The highest BCUT2D eigenvalue weighted by atomic mass is 16.3. The molecule has 0 radical (unpaired) electrons. The number of hydrogen-bond donors (Lipinski definition) is 0. The van der Waals surface area contributed by atoms with Crippen LogP contribution >= 0.6 is 0 Å². The van der Waals surface area contributed by atoms with E-state index in [9.17, 15) is 0 Å². The van der Waals surface area contributed by atoms with Crippen molar-refractivity contribution in [2.75, 3.05) is 0 Å². The van der Waals surface area contributed by atoms with Gasteiger partial charge in [-0.05, 0) is 75.5 Å². The molecule has 8 aromatic rings. The second-order valence-corrected chi connectivity index (χ2v) is 12.9. The van der Waals surface area contributed by atoms with E-state index in [0.717, 1.165) is 78.1 Å². The third-order valence-electron chi connectivity index (χ3n) is 9.02. The average molecular weight is 571 g/mol. The van der Waals surface area contributed by atoms with Crippen LogP contribution in [0.1, 0.15) is 38.8 Å². The molecule has 214 valence electrons. The van der Waals surface area contributed by atoms with E-state index in [0.29, 0.717) is 0 Å². The first-order valence-corrected chi connectivity index (χ1v) is 15.5. The first-order chi connectivity index (χ1) is 21.4. The minimum Gasteiger partial charge on any atom is -0.455 e. The molecule has 0 amide bonds. The molecule has 6 aromatic carbocycles. The second kappa shape index (κ2) is 9.99. The van der Waals surface area contributed by atoms with Crippen LogP contribution in [0.4, 0.5) is 0 Å². The summed E-state index contributed by atoms with van der Waals surface area (Å²) in [5.41, 5.74) is 13.2. The minimum atomic E-state index is 0.0930. The summed E-state index contributed by atoms with van der Waals surface area (Å²) in [4.78, 5) is 0. The van der Waals surface area contributed by atoms with Gasteiger partial charge in [0, 0.05) is 32.7 Å². The van der Waals surface area contributed by atoms with Crippen LogP contribution in [0.3, 0.4) is 0 Å². The molecule has 8 rings (SSSR count). The smallest absolute Gasteiger partial charge is 0.143 e. The van der Waals surface area contributed by atoms with Gasteiger partial charge in [-0.25, -0.2) is 0 Å². The minimum absolute atomic E-state index is 0.0930. The maximum absolute atomic E-state index is 6.66. The predicted octanol–water partition coefficient (Wildman–Crippen LogP) is 12.3. The number of furan rings is 2. The van der Waals surface area contributed by atoms with Gasteiger partial charge in [-0.15, -0.1) is 0 Å². The van der Waals surface area contributed by atoms with Crippen LogP contribution in [0.15, 0.2) is 130 Å². The summed E-state index contributed by atoms with van der Waals surface area (Å²) >= 11 is 0. The van der Waals surface area contributed by atoms with Crippen molar-refractivity contribution in [2.24, 2.45) is 0 Å². The van der Waals surface area contributed by atoms with E-state index in [4.69, 9.17) is 8.83 Å². The molecule has 2 aromatic heterocycles. The fourth-order valence-electron chi connectivity index (χ4n) is 6.52. The van der Waals surface area contributed by atoms with Gasteiger partial charge in [0.05, 0.1) is 0 Å². The maximum atomic E-state index is 6.66. The van der Waals surface area contributed by atoms with Crippen LogP contribution < -0.4 is 0 Å². The molecule has 2 heterocycles. The standard InChI is InChI=1S/C42H34O2/c1-5-26-10-8-11-29(22-26)32-13-9-14-35-34-21-18-28(25-39(34)44-40(32)35)30-23-36(27-16-19-31(20-17-27)42(2,3)4)41-37(24-30)33-12-6-7-15-38(33)43-41/h6-25H,5H2,1-4H3. The molecule has 0 bridgehead atoms. The van der Waals surface area contributed by atoms with E-state index in [1.165, 1.54) is 16.7 Å². The van der Waals surface area contributed by atoms with Crippen LogP contribution in [0.25, 0.3) is 77.3 Å². The molecule has 0 unspecified atom stereocenters. The Balaban J connectivity index is 1.32.